The molecule has 0 fully saturated rings. The lowest BCUT2D eigenvalue weighted by Crippen LogP contribution is -2.18. The van der Waals surface area contributed by atoms with Gasteiger partial charge in [0.15, 0.2) is 0 Å². The second-order valence-corrected chi connectivity index (χ2v) is 5.47. The molecule has 0 amide bonds. The zero-order valence-electron chi connectivity index (χ0n) is 9.60. The Morgan fingerprint density at radius 1 is 1.06 bits per heavy atom. The molecule has 5 heteroatoms. The van der Waals surface area contributed by atoms with Crippen LogP contribution in [0.2, 0.25) is 0 Å². The first kappa shape index (κ1) is 11.9. The Kier molecular flexibility index (Phi) is 3.04. The molecule has 0 spiro atoms. The van der Waals surface area contributed by atoms with E-state index in [1.807, 2.05) is 18.2 Å². The van der Waals surface area contributed by atoms with Crippen LogP contribution in [0.15, 0.2) is 41.3 Å². The molecule has 0 aromatic heterocycles. The van der Waals surface area contributed by atoms with E-state index in [0.29, 0.717) is 5.75 Å². The number of hydrogen-bond acceptors (Lipinski definition) is 3. The Balaban J connectivity index is 2.64. The van der Waals surface area contributed by atoms with E-state index in [-0.39, 0.29) is 4.90 Å². The molecule has 0 aliphatic heterocycles. The fourth-order valence-corrected chi connectivity index (χ4v) is 2.38. The molecule has 0 bridgehead atoms. The monoisotopic (exact) mass is 251 g/mol. The van der Waals surface area contributed by atoms with Crippen molar-refractivity contribution in [3.05, 3.63) is 36.4 Å². The maximum absolute atomic E-state index is 11.7. The number of nitrogens with one attached hydrogen (secondary N) is 1. The van der Waals surface area contributed by atoms with E-state index in [9.17, 15) is 8.42 Å². The summed E-state index contributed by atoms with van der Waals surface area (Å²) >= 11 is 0. The number of benzene rings is 2. The Labute approximate surface area is 100 Å². The first-order chi connectivity index (χ1) is 8.06. The highest BCUT2D eigenvalue weighted by atomic mass is 32.2. The summed E-state index contributed by atoms with van der Waals surface area (Å²) in [5.41, 5.74) is 0. The van der Waals surface area contributed by atoms with E-state index in [1.165, 1.54) is 7.05 Å². The van der Waals surface area contributed by atoms with Crippen LogP contribution in [-0.4, -0.2) is 22.6 Å². The summed E-state index contributed by atoms with van der Waals surface area (Å²) in [6.07, 6.45) is 0. The standard InChI is InChI=1S/C12H13NO3S/c1-13-17(14,15)12-6-4-9-3-5-11(16-2)7-10(9)8-12/h3-8,13H,1-2H3. The van der Waals surface area contributed by atoms with Gasteiger partial charge >= 0.3 is 0 Å². The predicted molar refractivity (Wildman–Crippen MR) is 66.7 cm³/mol. The molecule has 0 heterocycles. The molecule has 90 valence electrons. The number of sulfonamides is 1. The minimum atomic E-state index is -3.40. The molecule has 0 saturated carbocycles. The summed E-state index contributed by atoms with van der Waals surface area (Å²) in [6, 6.07) is 10.5. The third-order valence-corrected chi connectivity index (χ3v) is 4.01. The van der Waals surface area contributed by atoms with Crippen molar-refractivity contribution >= 4 is 20.8 Å². The minimum absolute atomic E-state index is 0.251. The Morgan fingerprint density at radius 3 is 2.41 bits per heavy atom. The van der Waals surface area contributed by atoms with Crippen LogP contribution >= 0.6 is 0 Å². The van der Waals surface area contributed by atoms with E-state index in [0.717, 1.165) is 10.8 Å². The van der Waals surface area contributed by atoms with Crippen molar-refractivity contribution in [3.8, 4) is 5.75 Å². The van der Waals surface area contributed by atoms with Crippen LogP contribution in [-0.2, 0) is 10.0 Å². The van der Waals surface area contributed by atoms with Gasteiger partial charge in [-0.25, -0.2) is 13.1 Å². The lowest BCUT2D eigenvalue weighted by atomic mass is 10.1. The SMILES string of the molecule is CNS(=O)(=O)c1ccc2ccc(OC)cc2c1. The van der Waals surface area contributed by atoms with Gasteiger partial charge in [-0.15, -0.1) is 0 Å². The maximum atomic E-state index is 11.7. The Bertz CT molecular complexity index is 650. The molecule has 2 aromatic rings. The van der Waals surface area contributed by atoms with Crippen molar-refractivity contribution in [2.75, 3.05) is 14.2 Å². The highest BCUT2D eigenvalue weighted by Gasteiger charge is 2.11. The molecule has 0 saturated heterocycles. The van der Waals surface area contributed by atoms with Crippen LogP contribution in [0.25, 0.3) is 10.8 Å². The van der Waals surface area contributed by atoms with Gasteiger partial charge in [-0.2, -0.15) is 0 Å². The van der Waals surface area contributed by atoms with Crippen LogP contribution in [0, 0.1) is 0 Å². The summed E-state index contributed by atoms with van der Waals surface area (Å²) in [6.45, 7) is 0. The molecule has 17 heavy (non-hydrogen) atoms. The lowest BCUT2D eigenvalue weighted by Gasteiger charge is -2.06. The number of hydrogen-bond donors (Lipinski definition) is 1. The largest absolute Gasteiger partial charge is 0.497 e. The van der Waals surface area contributed by atoms with Crippen LogP contribution in [0.1, 0.15) is 0 Å². The van der Waals surface area contributed by atoms with Gasteiger partial charge in [-0.3, -0.25) is 0 Å². The zero-order chi connectivity index (χ0) is 12.5. The van der Waals surface area contributed by atoms with E-state index in [2.05, 4.69) is 4.72 Å². The quantitative estimate of drug-likeness (QED) is 0.904. The fourth-order valence-electron chi connectivity index (χ4n) is 1.61. The summed E-state index contributed by atoms with van der Waals surface area (Å²) in [4.78, 5) is 0.251. The molecule has 1 N–H and O–H groups in total. The first-order valence-corrected chi connectivity index (χ1v) is 6.56. The zero-order valence-corrected chi connectivity index (χ0v) is 10.4. The van der Waals surface area contributed by atoms with Crippen molar-refractivity contribution in [1.29, 1.82) is 0 Å². The maximum Gasteiger partial charge on any atom is 0.240 e. The summed E-state index contributed by atoms with van der Waals surface area (Å²) < 4.78 is 30.7. The molecule has 2 rings (SSSR count). The Morgan fingerprint density at radius 2 is 1.76 bits per heavy atom. The highest BCUT2D eigenvalue weighted by Crippen LogP contribution is 2.23. The number of ether oxygens (including phenoxy) is 1. The third-order valence-electron chi connectivity index (χ3n) is 2.60. The molecular weight excluding hydrogens is 238 g/mol. The van der Waals surface area contributed by atoms with Crippen molar-refractivity contribution in [3.63, 3.8) is 0 Å². The van der Waals surface area contributed by atoms with Crippen LogP contribution in [0.4, 0.5) is 0 Å². The minimum Gasteiger partial charge on any atom is -0.497 e. The van der Waals surface area contributed by atoms with E-state index < -0.39 is 10.0 Å². The van der Waals surface area contributed by atoms with Gasteiger partial charge in [-0.05, 0) is 42.1 Å². The van der Waals surface area contributed by atoms with Gasteiger partial charge in [0.2, 0.25) is 10.0 Å². The van der Waals surface area contributed by atoms with Crippen molar-refractivity contribution in [2.45, 2.75) is 4.90 Å². The molecule has 0 atom stereocenters. The highest BCUT2D eigenvalue weighted by molar-refractivity contribution is 7.89. The van der Waals surface area contributed by atoms with Crippen molar-refractivity contribution in [2.24, 2.45) is 0 Å². The van der Waals surface area contributed by atoms with E-state index >= 15 is 0 Å². The van der Waals surface area contributed by atoms with Crippen molar-refractivity contribution < 1.29 is 13.2 Å². The average molecular weight is 251 g/mol. The third kappa shape index (κ3) is 2.25. The predicted octanol–water partition coefficient (Wildman–Crippen LogP) is 1.76. The van der Waals surface area contributed by atoms with Gasteiger partial charge in [0.05, 0.1) is 12.0 Å². The van der Waals surface area contributed by atoms with Gasteiger partial charge in [0, 0.05) is 0 Å². The molecule has 0 unspecified atom stereocenters. The van der Waals surface area contributed by atoms with E-state index in [4.69, 9.17) is 4.74 Å². The molecule has 0 radical (unpaired) electrons. The number of fused-ring (bicyclic) bond motifs is 1. The second kappa shape index (κ2) is 4.35. The van der Waals surface area contributed by atoms with Gasteiger partial charge < -0.3 is 4.74 Å². The van der Waals surface area contributed by atoms with E-state index in [1.54, 1.807) is 25.3 Å². The van der Waals surface area contributed by atoms with Crippen LogP contribution in [0.5, 0.6) is 5.75 Å². The fraction of sp³-hybridized carbons (Fsp3) is 0.167. The average Bonchev–Trinajstić information content (AvgIpc) is 2.37. The molecular formula is C12H13NO3S. The second-order valence-electron chi connectivity index (χ2n) is 3.58. The lowest BCUT2D eigenvalue weighted by molar-refractivity contribution is 0.415. The normalized spacial score (nSPS) is 11.6. The number of rotatable bonds is 3. The van der Waals surface area contributed by atoms with Crippen LogP contribution in [0.3, 0.4) is 0 Å². The topological polar surface area (TPSA) is 55.4 Å². The molecule has 2 aromatic carbocycles. The summed E-state index contributed by atoms with van der Waals surface area (Å²) in [5, 5.41) is 1.81. The van der Waals surface area contributed by atoms with Gasteiger partial charge in [0.1, 0.15) is 5.75 Å². The smallest absolute Gasteiger partial charge is 0.240 e. The molecule has 0 aliphatic rings. The molecule has 4 nitrogen and oxygen atoms in total. The van der Waals surface area contributed by atoms with Crippen molar-refractivity contribution in [1.82, 2.24) is 4.72 Å². The number of methoxy groups -OCH3 is 1. The molecule has 0 aliphatic carbocycles. The van der Waals surface area contributed by atoms with Crippen LogP contribution < -0.4 is 9.46 Å². The summed E-state index contributed by atoms with van der Waals surface area (Å²) in [7, 11) is -0.427. The Hall–Kier alpha value is -1.59. The van der Waals surface area contributed by atoms with Gasteiger partial charge in [-0.1, -0.05) is 12.1 Å². The van der Waals surface area contributed by atoms with Gasteiger partial charge in [0.25, 0.3) is 0 Å². The first-order valence-electron chi connectivity index (χ1n) is 5.08. The summed E-state index contributed by atoms with van der Waals surface area (Å²) in [5.74, 6) is 0.705.